The molecule has 0 radical (unpaired) electrons. The molecule has 1 heterocycles. The van der Waals surface area contributed by atoms with Gasteiger partial charge >= 0.3 is 0 Å². The lowest BCUT2D eigenvalue weighted by atomic mass is 9.95. The van der Waals surface area contributed by atoms with Crippen molar-refractivity contribution >= 4 is 23.4 Å². The molecule has 4 unspecified atom stereocenters. The van der Waals surface area contributed by atoms with Crippen LogP contribution in [-0.4, -0.2) is 56.3 Å². The largest absolute Gasteiger partial charge is 0.381 e. The molecule has 1 saturated heterocycles. The summed E-state index contributed by atoms with van der Waals surface area (Å²) in [4.78, 5) is 22.2. The lowest BCUT2D eigenvalue weighted by Gasteiger charge is -2.28. The number of nitrogens with one attached hydrogen (secondary N) is 2. The number of carbonyl (C=O) groups is 2. The predicted molar refractivity (Wildman–Crippen MR) is 98.7 cm³/mol. The average molecular weight is 393 g/mol. The molecule has 6 nitrogen and oxygen atoms in total. The molecule has 2 aliphatic rings. The third-order valence-electron chi connectivity index (χ3n) is 4.38. The van der Waals surface area contributed by atoms with Gasteiger partial charge in [0, 0.05) is 25.8 Å². The van der Waals surface area contributed by atoms with Crippen molar-refractivity contribution in [3.63, 3.8) is 0 Å². The van der Waals surface area contributed by atoms with Crippen molar-refractivity contribution in [2.45, 2.75) is 56.7 Å². The molecule has 2 fully saturated rings. The van der Waals surface area contributed by atoms with Crippen LogP contribution in [0.25, 0.3) is 0 Å². The Labute approximate surface area is 159 Å². The van der Waals surface area contributed by atoms with Crippen LogP contribution >= 0.6 is 11.6 Å². The normalized spacial score (nSPS) is 27.8. The van der Waals surface area contributed by atoms with Crippen molar-refractivity contribution < 1.29 is 23.5 Å². The van der Waals surface area contributed by atoms with Crippen molar-refractivity contribution in [3.05, 3.63) is 12.3 Å². The second-order valence-electron chi connectivity index (χ2n) is 6.46. The van der Waals surface area contributed by atoms with Crippen molar-refractivity contribution in [1.29, 1.82) is 0 Å². The molecular weight excluding hydrogens is 363 g/mol. The average Bonchev–Trinajstić information content (AvgIpc) is 3.17. The van der Waals surface area contributed by atoms with E-state index >= 15 is 0 Å². The van der Waals surface area contributed by atoms with E-state index < -0.39 is 11.5 Å². The Hall–Kier alpha value is -1.18. The molecule has 2 N–H and O–H groups in total. The maximum atomic E-state index is 13.3. The number of rotatable bonds is 6. The van der Waals surface area contributed by atoms with E-state index in [0.29, 0.717) is 31.6 Å². The summed E-state index contributed by atoms with van der Waals surface area (Å²) in [6, 6.07) is 0. The van der Waals surface area contributed by atoms with Crippen molar-refractivity contribution in [1.82, 2.24) is 10.6 Å². The molecule has 1 aliphatic heterocycles. The summed E-state index contributed by atoms with van der Waals surface area (Å²) >= 11 is 5.76. The van der Waals surface area contributed by atoms with Gasteiger partial charge in [0.15, 0.2) is 0 Å². The van der Waals surface area contributed by atoms with Gasteiger partial charge in [-0.05, 0) is 25.7 Å². The number of halogens is 2. The minimum Gasteiger partial charge on any atom is -0.381 e. The van der Waals surface area contributed by atoms with E-state index in [1.165, 1.54) is 0 Å². The SMILES string of the molecule is C=C(CC)NC(=O)COC1CCC(Cl)C(F)C1.CNC(=O)C1CCOC1. The fraction of sp³-hybridized carbons (Fsp3) is 0.778. The van der Waals surface area contributed by atoms with E-state index in [0.717, 1.165) is 13.0 Å². The minimum absolute atomic E-state index is 0.0522. The third kappa shape index (κ3) is 8.47. The molecular formula is C18H30ClFN2O4. The number of alkyl halides is 2. The standard InChI is InChI=1S/C12H19ClFNO2.C6H11NO2/c1-3-8(2)15-12(16)7-17-9-4-5-10(13)11(14)6-9;1-7-6(8)5-2-3-9-4-5/h9-11H,2-7H2,1H3,(H,15,16);5H,2-4H2,1H3,(H,7,8). The van der Waals surface area contributed by atoms with Gasteiger partial charge in [-0.25, -0.2) is 4.39 Å². The van der Waals surface area contributed by atoms with Gasteiger partial charge in [-0.1, -0.05) is 13.5 Å². The molecule has 26 heavy (non-hydrogen) atoms. The summed E-state index contributed by atoms with van der Waals surface area (Å²) < 4.78 is 23.7. The maximum Gasteiger partial charge on any atom is 0.250 e. The predicted octanol–water partition coefficient (Wildman–Crippen LogP) is 2.31. The van der Waals surface area contributed by atoms with Gasteiger partial charge in [-0.2, -0.15) is 0 Å². The molecule has 0 bridgehead atoms. The second kappa shape index (κ2) is 12.3. The zero-order chi connectivity index (χ0) is 19.5. The van der Waals surface area contributed by atoms with Gasteiger partial charge in [0.2, 0.25) is 11.8 Å². The third-order valence-corrected chi connectivity index (χ3v) is 4.88. The highest BCUT2D eigenvalue weighted by Crippen LogP contribution is 2.27. The first kappa shape index (κ1) is 22.9. The van der Waals surface area contributed by atoms with Crippen molar-refractivity contribution in [2.75, 3.05) is 26.9 Å². The molecule has 0 aromatic heterocycles. The van der Waals surface area contributed by atoms with E-state index in [4.69, 9.17) is 21.1 Å². The van der Waals surface area contributed by atoms with Crippen molar-refractivity contribution in [3.8, 4) is 0 Å². The van der Waals surface area contributed by atoms with E-state index in [1.54, 1.807) is 7.05 Å². The summed E-state index contributed by atoms with van der Waals surface area (Å²) in [7, 11) is 1.65. The fourth-order valence-electron chi connectivity index (χ4n) is 2.65. The lowest BCUT2D eigenvalue weighted by molar-refractivity contribution is -0.128. The van der Waals surface area contributed by atoms with E-state index in [2.05, 4.69) is 17.2 Å². The van der Waals surface area contributed by atoms with Crippen LogP contribution in [0.2, 0.25) is 0 Å². The molecule has 0 aromatic carbocycles. The van der Waals surface area contributed by atoms with Crippen LogP contribution in [0.5, 0.6) is 0 Å². The molecule has 1 aliphatic carbocycles. The lowest BCUT2D eigenvalue weighted by Crippen LogP contribution is -2.34. The minimum atomic E-state index is -1.04. The van der Waals surface area contributed by atoms with Gasteiger partial charge in [-0.15, -0.1) is 11.6 Å². The molecule has 150 valence electrons. The first-order chi connectivity index (χ1) is 12.4. The number of amides is 2. The number of hydrogen-bond donors (Lipinski definition) is 2. The number of hydrogen-bond acceptors (Lipinski definition) is 4. The highest BCUT2D eigenvalue weighted by atomic mass is 35.5. The Morgan fingerprint density at radius 2 is 2.08 bits per heavy atom. The van der Waals surface area contributed by atoms with Gasteiger partial charge in [0.1, 0.15) is 12.8 Å². The highest BCUT2D eigenvalue weighted by molar-refractivity contribution is 6.21. The van der Waals surface area contributed by atoms with Crippen LogP contribution in [0, 0.1) is 5.92 Å². The van der Waals surface area contributed by atoms with Gasteiger partial charge < -0.3 is 20.1 Å². The quantitative estimate of drug-likeness (QED) is 0.680. The highest BCUT2D eigenvalue weighted by Gasteiger charge is 2.29. The first-order valence-electron chi connectivity index (χ1n) is 9.04. The summed E-state index contributed by atoms with van der Waals surface area (Å²) in [6.07, 6.45) is 1.89. The van der Waals surface area contributed by atoms with Gasteiger partial charge in [-0.3, -0.25) is 9.59 Å². The Bertz CT molecular complexity index is 472. The van der Waals surface area contributed by atoms with E-state index in [-0.39, 0.29) is 36.9 Å². The summed E-state index contributed by atoms with van der Waals surface area (Å²) in [6.45, 7) is 6.85. The Balaban J connectivity index is 0.000000314. The zero-order valence-corrected chi connectivity index (χ0v) is 16.3. The Kier molecular flexibility index (Phi) is 10.8. The molecule has 8 heteroatoms. The smallest absolute Gasteiger partial charge is 0.250 e. The second-order valence-corrected chi connectivity index (χ2v) is 7.02. The number of carbonyl (C=O) groups excluding carboxylic acids is 2. The molecule has 2 rings (SSSR count). The van der Waals surface area contributed by atoms with Crippen LogP contribution in [0.3, 0.4) is 0 Å². The van der Waals surface area contributed by atoms with Gasteiger partial charge in [0.05, 0.1) is 24.0 Å². The van der Waals surface area contributed by atoms with Crippen LogP contribution in [0.1, 0.15) is 39.0 Å². The Morgan fingerprint density at radius 1 is 1.35 bits per heavy atom. The monoisotopic (exact) mass is 392 g/mol. The molecule has 0 spiro atoms. The molecule has 2 amide bonds. The summed E-state index contributed by atoms with van der Waals surface area (Å²) in [5.41, 5.74) is 0.659. The van der Waals surface area contributed by atoms with Crippen molar-refractivity contribution in [2.24, 2.45) is 5.92 Å². The van der Waals surface area contributed by atoms with E-state index in [1.807, 2.05) is 6.92 Å². The topological polar surface area (TPSA) is 76.7 Å². The molecule has 0 aromatic rings. The fourth-order valence-corrected chi connectivity index (χ4v) is 2.88. The molecule has 1 saturated carbocycles. The number of ether oxygens (including phenoxy) is 2. The number of allylic oxidation sites excluding steroid dienone is 1. The van der Waals surface area contributed by atoms with Gasteiger partial charge in [0.25, 0.3) is 0 Å². The maximum absolute atomic E-state index is 13.3. The summed E-state index contributed by atoms with van der Waals surface area (Å²) in [5.74, 6) is -0.0252. The van der Waals surface area contributed by atoms with Crippen LogP contribution in [-0.2, 0) is 19.1 Å². The Morgan fingerprint density at radius 3 is 2.62 bits per heavy atom. The summed E-state index contributed by atoms with van der Waals surface area (Å²) in [5, 5.41) is 4.79. The van der Waals surface area contributed by atoms with Crippen LogP contribution in [0.4, 0.5) is 4.39 Å². The molecule has 4 atom stereocenters. The first-order valence-corrected chi connectivity index (χ1v) is 9.47. The zero-order valence-electron chi connectivity index (χ0n) is 15.6. The van der Waals surface area contributed by atoms with Crippen LogP contribution < -0.4 is 10.6 Å². The van der Waals surface area contributed by atoms with E-state index in [9.17, 15) is 14.0 Å². The van der Waals surface area contributed by atoms with Crippen LogP contribution in [0.15, 0.2) is 12.3 Å².